The second kappa shape index (κ2) is 4.36. The van der Waals surface area contributed by atoms with Crippen LogP contribution in [0.1, 0.15) is 39.0 Å². The molecule has 0 aromatic heterocycles. The minimum Gasteiger partial charge on any atom is -0.375 e. The zero-order chi connectivity index (χ0) is 11.9. The van der Waals surface area contributed by atoms with E-state index >= 15 is 0 Å². The standard InChI is InChI=1S/C14H23NO2/c1-10(12-8-15-9-12)13(16)11-3-6-17-14(7-11)4-2-5-14/h10-12,15H,2-9H2,1H3. The predicted octanol–water partition coefficient (Wildman–Crippen LogP) is 1.76. The molecule has 1 saturated carbocycles. The van der Waals surface area contributed by atoms with Crippen LogP contribution in [0.15, 0.2) is 0 Å². The van der Waals surface area contributed by atoms with Gasteiger partial charge in [0.1, 0.15) is 5.78 Å². The average molecular weight is 237 g/mol. The molecule has 1 aliphatic carbocycles. The summed E-state index contributed by atoms with van der Waals surface area (Å²) < 4.78 is 5.90. The molecule has 2 atom stereocenters. The maximum absolute atomic E-state index is 12.5. The van der Waals surface area contributed by atoms with Crippen molar-refractivity contribution in [3.63, 3.8) is 0 Å². The van der Waals surface area contributed by atoms with Crippen LogP contribution in [0.4, 0.5) is 0 Å². The van der Waals surface area contributed by atoms with Gasteiger partial charge in [-0.25, -0.2) is 0 Å². The molecule has 1 spiro atoms. The van der Waals surface area contributed by atoms with E-state index in [2.05, 4.69) is 12.2 Å². The highest BCUT2D eigenvalue weighted by Gasteiger charge is 2.45. The van der Waals surface area contributed by atoms with Gasteiger partial charge in [-0.05, 0) is 51.1 Å². The molecule has 96 valence electrons. The maximum Gasteiger partial charge on any atom is 0.139 e. The van der Waals surface area contributed by atoms with Crippen LogP contribution in [0.25, 0.3) is 0 Å². The minimum atomic E-state index is 0.107. The Morgan fingerprint density at radius 2 is 2.18 bits per heavy atom. The molecule has 2 unspecified atom stereocenters. The Morgan fingerprint density at radius 3 is 2.71 bits per heavy atom. The van der Waals surface area contributed by atoms with Crippen molar-refractivity contribution in [3.8, 4) is 0 Å². The molecule has 0 radical (unpaired) electrons. The summed E-state index contributed by atoms with van der Waals surface area (Å²) in [5.74, 6) is 1.62. The Labute approximate surface area is 103 Å². The number of carbonyl (C=O) groups excluding carboxylic acids is 1. The molecule has 3 rings (SSSR count). The second-order valence-electron chi connectivity index (χ2n) is 6.18. The van der Waals surface area contributed by atoms with Gasteiger partial charge in [0.2, 0.25) is 0 Å². The Hall–Kier alpha value is -0.410. The van der Waals surface area contributed by atoms with Gasteiger partial charge in [0.25, 0.3) is 0 Å². The smallest absolute Gasteiger partial charge is 0.139 e. The molecule has 3 heteroatoms. The summed E-state index contributed by atoms with van der Waals surface area (Å²) in [5.41, 5.74) is 0.107. The average Bonchev–Trinajstić information content (AvgIpc) is 2.24. The van der Waals surface area contributed by atoms with Gasteiger partial charge >= 0.3 is 0 Å². The Kier molecular flexibility index (Phi) is 2.99. The predicted molar refractivity (Wildman–Crippen MR) is 65.8 cm³/mol. The fourth-order valence-corrected chi connectivity index (χ4v) is 3.46. The lowest BCUT2D eigenvalue weighted by Gasteiger charge is -2.47. The van der Waals surface area contributed by atoms with E-state index in [4.69, 9.17) is 4.74 Å². The fraction of sp³-hybridized carbons (Fsp3) is 0.929. The van der Waals surface area contributed by atoms with E-state index in [0.29, 0.717) is 11.7 Å². The molecule has 3 nitrogen and oxygen atoms in total. The topological polar surface area (TPSA) is 38.3 Å². The van der Waals surface area contributed by atoms with Crippen LogP contribution in [0.2, 0.25) is 0 Å². The lowest BCUT2D eigenvalue weighted by molar-refractivity contribution is -0.158. The maximum atomic E-state index is 12.5. The summed E-state index contributed by atoms with van der Waals surface area (Å²) >= 11 is 0. The molecule has 0 bridgehead atoms. The molecule has 2 saturated heterocycles. The first kappa shape index (κ1) is 11.7. The van der Waals surface area contributed by atoms with Crippen LogP contribution in [-0.2, 0) is 9.53 Å². The van der Waals surface area contributed by atoms with Crippen LogP contribution in [0, 0.1) is 17.8 Å². The number of carbonyl (C=O) groups is 1. The summed E-state index contributed by atoms with van der Waals surface area (Å²) in [7, 11) is 0. The number of ether oxygens (including phenoxy) is 1. The molecule has 0 amide bonds. The first-order chi connectivity index (χ1) is 8.20. The SMILES string of the molecule is CC(C(=O)C1CCOC2(CCC2)C1)C1CNC1. The van der Waals surface area contributed by atoms with Gasteiger partial charge in [-0.2, -0.15) is 0 Å². The van der Waals surface area contributed by atoms with Gasteiger partial charge in [-0.1, -0.05) is 6.92 Å². The fourth-order valence-electron chi connectivity index (χ4n) is 3.46. The third kappa shape index (κ3) is 2.04. The van der Waals surface area contributed by atoms with Gasteiger partial charge in [0.15, 0.2) is 0 Å². The van der Waals surface area contributed by atoms with Gasteiger partial charge in [0.05, 0.1) is 5.60 Å². The lowest BCUT2D eigenvalue weighted by atomic mass is 9.69. The first-order valence-electron chi connectivity index (χ1n) is 7.09. The van der Waals surface area contributed by atoms with Crippen molar-refractivity contribution in [3.05, 3.63) is 0 Å². The monoisotopic (exact) mass is 237 g/mol. The molecule has 0 aromatic rings. The molecule has 17 heavy (non-hydrogen) atoms. The molecular weight excluding hydrogens is 214 g/mol. The van der Waals surface area contributed by atoms with Crippen LogP contribution in [0.5, 0.6) is 0 Å². The Balaban J connectivity index is 1.60. The largest absolute Gasteiger partial charge is 0.375 e. The van der Waals surface area contributed by atoms with Crippen molar-refractivity contribution < 1.29 is 9.53 Å². The van der Waals surface area contributed by atoms with Gasteiger partial charge in [-0.15, -0.1) is 0 Å². The first-order valence-corrected chi connectivity index (χ1v) is 7.09. The van der Waals surface area contributed by atoms with E-state index in [1.807, 2.05) is 0 Å². The summed E-state index contributed by atoms with van der Waals surface area (Å²) in [4.78, 5) is 12.5. The Morgan fingerprint density at radius 1 is 1.41 bits per heavy atom. The van der Waals surface area contributed by atoms with Crippen molar-refractivity contribution in [1.29, 1.82) is 0 Å². The number of hydrogen-bond acceptors (Lipinski definition) is 3. The van der Waals surface area contributed by atoms with Crippen molar-refractivity contribution >= 4 is 5.78 Å². The summed E-state index contributed by atoms with van der Waals surface area (Å²) in [6.07, 6.45) is 5.58. The normalized spacial score (nSPS) is 33.8. The number of hydrogen-bond donors (Lipinski definition) is 1. The molecule has 2 aliphatic heterocycles. The molecule has 0 aromatic carbocycles. The molecular formula is C14H23NO2. The number of nitrogens with one attached hydrogen (secondary N) is 1. The lowest BCUT2D eigenvalue weighted by Crippen LogP contribution is -2.51. The van der Waals surface area contributed by atoms with Gasteiger partial charge in [-0.3, -0.25) is 4.79 Å². The zero-order valence-electron chi connectivity index (χ0n) is 10.7. The van der Waals surface area contributed by atoms with E-state index in [0.717, 1.165) is 32.5 Å². The summed E-state index contributed by atoms with van der Waals surface area (Å²) in [6.45, 7) is 4.98. The minimum absolute atomic E-state index is 0.107. The summed E-state index contributed by atoms with van der Waals surface area (Å²) in [5, 5.41) is 3.26. The third-order valence-electron chi connectivity index (χ3n) is 5.13. The third-order valence-corrected chi connectivity index (χ3v) is 5.13. The highest BCUT2D eigenvalue weighted by Crippen LogP contribution is 2.45. The molecule has 1 N–H and O–H groups in total. The van der Waals surface area contributed by atoms with Crippen molar-refractivity contribution in [2.24, 2.45) is 17.8 Å². The van der Waals surface area contributed by atoms with Gasteiger partial charge < -0.3 is 10.1 Å². The van der Waals surface area contributed by atoms with E-state index in [9.17, 15) is 4.79 Å². The van der Waals surface area contributed by atoms with E-state index < -0.39 is 0 Å². The second-order valence-corrected chi connectivity index (χ2v) is 6.18. The van der Waals surface area contributed by atoms with Gasteiger partial charge in [0, 0.05) is 18.4 Å². The molecule has 3 fully saturated rings. The summed E-state index contributed by atoms with van der Waals surface area (Å²) in [6, 6.07) is 0. The van der Waals surface area contributed by atoms with Crippen molar-refractivity contribution in [2.45, 2.75) is 44.6 Å². The van der Waals surface area contributed by atoms with Crippen LogP contribution < -0.4 is 5.32 Å². The number of ketones is 1. The molecule has 2 heterocycles. The van der Waals surface area contributed by atoms with E-state index in [1.165, 1.54) is 19.3 Å². The van der Waals surface area contributed by atoms with Crippen molar-refractivity contribution in [2.75, 3.05) is 19.7 Å². The zero-order valence-corrected chi connectivity index (χ0v) is 10.7. The van der Waals surface area contributed by atoms with E-state index in [-0.39, 0.29) is 17.4 Å². The van der Waals surface area contributed by atoms with Crippen LogP contribution in [-0.4, -0.2) is 31.1 Å². The highest BCUT2D eigenvalue weighted by molar-refractivity contribution is 5.83. The van der Waals surface area contributed by atoms with Crippen LogP contribution in [0.3, 0.4) is 0 Å². The van der Waals surface area contributed by atoms with Crippen LogP contribution >= 0.6 is 0 Å². The highest BCUT2D eigenvalue weighted by atomic mass is 16.5. The number of Topliss-reactive ketones (excluding diaryl/α,β-unsaturated/α-hetero) is 1. The quantitative estimate of drug-likeness (QED) is 0.813. The Bertz CT molecular complexity index is 307. The van der Waals surface area contributed by atoms with Crippen molar-refractivity contribution in [1.82, 2.24) is 5.32 Å². The molecule has 3 aliphatic rings. The number of rotatable bonds is 3. The van der Waals surface area contributed by atoms with E-state index in [1.54, 1.807) is 0 Å².